The van der Waals surface area contributed by atoms with E-state index in [2.05, 4.69) is 18.2 Å². The number of carbonyl (C=O) groups excluding carboxylic acids is 1. The number of hydrogen-bond donors (Lipinski definition) is 0. The average molecular weight is 417 g/mol. The van der Waals surface area contributed by atoms with E-state index < -0.39 is 0 Å². The van der Waals surface area contributed by atoms with Crippen LogP contribution >= 0.6 is 0 Å². The lowest BCUT2D eigenvalue weighted by atomic mass is 9.93. The molecule has 0 atom stereocenters. The molecule has 154 valence electrons. The summed E-state index contributed by atoms with van der Waals surface area (Å²) >= 11 is 0. The Labute approximate surface area is 185 Å². The zero-order chi connectivity index (χ0) is 21.8. The van der Waals surface area contributed by atoms with Crippen molar-refractivity contribution in [3.8, 4) is 33.9 Å². The van der Waals surface area contributed by atoms with Crippen LogP contribution in [-0.4, -0.2) is 25.0 Å². The van der Waals surface area contributed by atoms with Gasteiger partial charge in [0.15, 0.2) is 17.3 Å². The third-order valence-corrected chi connectivity index (χ3v) is 6.20. The number of methoxy groups -OCH3 is 2. The molecule has 0 saturated heterocycles. The maximum atomic E-state index is 13.6. The minimum absolute atomic E-state index is 0.00252. The number of pyridine rings is 1. The second-order valence-corrected chi connectivity index (χ2v) is 7.84. The van der Waals surface area contributed by atoms with E-state index in [1.54, 1.807) is 14.2 Å². The van der Waals surface area contributed by atoms with Crippen molar-refractivity contribution in [2.45, 2.75) is 0 Å². The molecule has 1 aromatic heterocycles. The van der Waals surface area contributed by atoms with E-state index in [0.717, 1.165) is 38.4 Å². The van der Waals surface area contributed by atoms with Gasteiger partial charge in [0.2, 0.25) is 0 Å². The molecule has 4 aromatic carbocycles. The van der Waals surface area contributed by atoms with E-state index in [1.807, 2.05) is 60.7 Å². The molecule has 4 heteroatoms. The molecule has 0 N–H and O–H groups in total. The summed E-state index contributed by atoms with van der Waals surface area (Å²) in [6.07, 6.45) is 0. The predicted octanol–water partition coefficient (Wildman–Crippen LogP) is 6.28. The lowest BCUT2D eigenvalue weighted by Gasteiger charge is -2.15. The van der Waals surface area contributed by atoms with Crippen molar-refractivity contribution < 1.29 is 14.3 Å². The van der Waals surface area contributed by atoms with Crippen LogP contribution in [0.25, 0.3) is 44.1 Å². The van der Waals surface area contributed by atoms with Gasteiger partial charge in [0.1, 0.15) is 0 Å². The van der Waals surface area contributed by atoms with Gasteiger partial charge in [-0.3, -0.25) is 4.79 Å². The van der Waals surface area contributed by atoms with E-state index in [0.29, 0.717) is 28.3 Å². The van der Waals surface area contributed by atoms with Gasteiger partial charge in [0.05, 0.1) is 31.0 Å². The van der Waals surface area contributed by atoms with Crippen LogP contribution in [0, 0.1) is 0 Å². The number of rotatable bonds is 3. The molecule has 5 aromatic rings. The van der Waals surface area contributed by atoms with Crippen molar-refractivity contribution in [3.63, 3.8) is 0 Å². The molecule has 0 aliphatic heterocycles. The largest absolute Gasteiger partial charge is 0.493 e. The van der Waals surface area contributed by atoms with Gasteiger partial charge >= 0.3 is 0 Å². The van der Waals surface area contributed by atoms with Crippen molar-refractivity contribution >= 4 is 27.5 Å². The van der Waals surface area contributed by atoms with Crippen molar-refractivity contribution in [3.05, 3.63) is 90.0 Å². The fourth-order valence-corrected chi connectivity index (χ4v) is 4.75. The number of hydrogen-bond acceptors (Lipinski definition) is 4. The molecular formula is C28H19NO3. The van der Waals surface area contributed by atoms with Gasteiger partial charge in [-0.1, -0.05) is 54.6 Å². The Hall–Kier alpha value is -4.18. The zero-order valence-corrected chi connectivity index (χ0v) is 17.7. The minimum atomic E-state index is 0.00252. The minimum Gasteiger partial charge on any atom is -0.493 e. The Morgan fingerprint density at radius 2 is 1.47 bits per heavy atom. The quantitative estimate of drug-likeness (QED) is 0.318. The first-order valence-corrected chi connectivity index (χ1v) is 10.4. The summed E-state index contributed by atoms with van der Waals surface area (Å²) in [5.74, 6) is 1.24. The molecule has 1 heterocycles. The number of nitrogens with zero attached hydrogens (tertiary/aromatic N) is 1. The number of ketones is 1. The Bertz CT molecular complexity index is 1570. The van der Waals surface area contributed by atoms with Crippen LogP contribution in [0.1, 0.15) is 15.9 Å². The highest BCUT2D eigenvalue weighted by molar-refractivity contribution is 6.30. The molecule has 1 aliphatic rings. The molecule has 0 fully saturated rings. The third kappa shape index (κ3) is 2.50. The number of benzene rings is 4. The smallest absolute Gasteiger partial charge is 0.196 e. The molecule has 6 rings (SSSR count). The molecule has 0 bridgehead atoms. The monoisotopic (exact) mass is 417 g/mol. The molecule has 0 spiro atoms. The van der Waals surface area contributed by atoms with E-state index in [-0.39, 0.29) is 5.78 Å². The highest BCUT2D eigenvalue weighted by atomic mass is 16.5. The Kier molecular flexibility index (Phi) is 4.02. The van der Waals surface area contributed by atoms with Crippen LogP contribution in [0.15, 0.2) is 78.9 Å². The van der Waals surface area contributed by atoms with Gasteiger partial charge < -0.3 is 9.47 Å². The number of carbonyl (C=O) groups is 1. The maximum absolute atomic E-state index is 13.6. The highest BCUT2D eigenvalue weighted by Crippen LogP contribution is 2.47. The van der Waals surface area contributed by atoms with Gasteiger partial charge in [-0.15, -0.1) is 0 Å². The van der Waals surface area contributed by atoms with Crippen LogP contribution in [0.3, 0.4) is 0 Å². The normalized spacial score (nSPS) is 12.1. The van der Waals surface area contributed by atoms with Gasteiger partial charge in [-0.05, 0) is 40.6 Å². The summed E-state index contributed by atoms with van der Waals surface area (Å²) < 4.78 is 10.9. The summed E-state index contributed by atoms with van der Waals surface area (Å²) in [6, 6.07) is 25.8. The summed E-state index contributed by atoms with van der Waals surface area (Å²) in [5.41, 5.74) is 5.60. The molecule has 0 amide bonds. The van der Waals surface area contributed by atoms with Gasteiger partial charge in [-0.25, -0.2) is 4.98 Å². The molecular weight excluding hydrogens is 398 g/mol. The summed E-state index contributed by atoms with van der Waals surface area (Å²) in [5, 5.41) is 3.23. The molecule has 0 radical (unpaired) electrons. The molecule has 32 heavy (non-hydrogen) atoms. The van der Waals surface area contributed by atoms with Crippen LogP contribution in [-0.2, 0) is 0 Å². The summed E-state index contributed by atoms with van der Waals surface area (Å²) in [7, 11) is 3.21. The van der Waals surface area contributed by atoms with Crippen LogP contribution in [0.2, 0.25) is 0 Å². The predicted molar refractivity (Wildman–Crippen MR) is 127 cm³/mol. The SMILES string of the molecule is COc1ccc(-c2nc3ccc4ccccc4c3c3c2C(=O)c2ccccc2-3)cc1OC. The summed E-state index contributed by atoms with van der Waals surface area (Å²) in [6.45, 7) is 0. The van der Waals surface area contributed by atoms with Crippen molar-refractivity contribution in [2.75, 3.05) is 14.2 Å². The van der Waals surface area contributed by atoms with Gasteiger partial charge in [0.25, 0.3) is 0 Å². The Morgan fingerprint density at radius 1 is 0.719 bits per heavy atom. The topological polar surface area (TPSA) is 48.4 Å². The first kappa shape index (κ1) is 18.6. The zero-order valence-electron chi connectivity index (χ0n) is 17.7. The average Bonchev–Trinajstić information content (AvgIpc) is 3.15. The van der Waals surface area contributed by atoms with Crippen LogP contribution < -0.4 is 9.47 Å². The molecule has 1 aliphatic carbocycles. The first-order chi connectivity index (χ1) is 15.7. The van der Waals surface area contributed by atoms with E-state index >= 15 is 0 Å². The van der Waals surface area contributed by atoms with Crippen molar-refractivity contribution in [1.82, 2.24) is 4.98 Å². The number of ether oxygens (including phenoxy) is 2. The van der Waals surface area contributed by atoms with Crippen LogP contribution in [0.4, 0.5) is 0 Å². The fraction of sp³-hybridized carbons (Fsp3) is 0.0714. The van der Waals surface area contributed by atoms with Gasteiger partial charge in [-0.2, -0.15) is 0 Å². The number of aromatic nitrogens is 1. The molecule has 0 saturated carbocycles. The second-order valence-electron chi connectivity index (χ2n) is 7.84. The van der Waals surface area contributed by atoms with E-state index in [1.165, 1.54) is 0 Å². The lowest BCUT2D eigenvalue weighted by molar-refractivity contribution is 0.104. The lowest BCUT2D eigenvalue weighted by Crippen LogP contribution is -2.02. The second kappa shape index (κ2) is 6.92. The molecule has 4 nitrogen and oxygen atoms in total. The van der Waals surface area contributed by atoms with E-state index in [4.69, 9.17) is 14.5 Å². The van der Waals surface area contributed by atoms with Crippen molar-refractivity contribution in [1.29, 1.82) is 0 Å². The third-order valence-electron chi connectivity index (χ3n) is 6.20. The van der Waals surface area contributed by atoms with Gasteiger partial charge in [0, 0.05) is 22.1 Å². The summed E-state index contributed by atoms with van der Waals surface area (Å²) in [4.78, 5) is 18.7. The standard InChI is InChI=1S/C28H19NO3/c1-31-22-14-12-17(15-23(22)32-2)27-26-25(19-9-5-6-10-20(19)28(26)30)24-18-8-4-3-7-16(18)11-13-21(24)29-27/h3-15H,1-2H3. The Balaban J connectivity index is 1.77. The number of fused-ring (bicyclic) bond motifs is 7. The van der Waals surface area contributed by atoms with E-state index in [9.17, 15) is 4.79 Å². The highest BCUT2D eigenvalue weighted by Gasteiger charge is 2.33. The van der Waals surface area contributed by atoms with Crippen LogP contribution in [0.5, 0.6) is 11.5 Å². The first-order valence-electron chi connectivity index (χ1n) is 10.4. The Morgan fingerprint density at radius 3 is 2.28 bits per heavy atom. The van der Waals surface area contributed by atoms with Crippen molar-refractivity contribution in [2.24, 2.45) is 0 Å². The maximum Gasteiger partial charge on any atom is 0.196 e. The fourth-order valence-electron chi connectivity index (χ4n) is 4.75. The molecule has 0 unspecified atom stereocenters.